The van der Waals surface area contributed by atoms with Crippen molar-refractivity contribution >= 4 is 29.9 Å². The summed E-state index contributed by atoms with van der Waals surface area (Å²) in [6, 6.07) is 8.17. The third-order valence-electron chi connectivity index (χ3n) is 4.80. The van der Waals surface area contributed by atoms with Crippen molar-refractivity contribution in [1.82, 2.24) is 20.4 Å². The number of benzene rings is 1. The average molecular weight is 513 g/mol. The molecule has 9 heteroatoms. The Morgan fingerprint density at radius 3 is 2.21 bits per heavy atom. The highest BCUT2D eigenvalue weighted by molar-refractivity contribution is 14.0. The fourth-order valence-electron chi connectivity index (χ4n) is 3.11. The molecule has 0 spiro atoms. The van der Waals surface area contributed by atoms with Crippen molar-refractivity contribution in [1.29, 1.82) is 0 Å². The van der Waals surface area contributed by atoms with Gasteiger partial charge in [0.15, 0.2) is 5.96 Å². The van der Waals surface area contributed by atoms with Crippen LogP contribution in [0.5, 0.6) is 0 Å². The van der Waals surface area contributed by atoms with Crippen LogP contribution in [0, 0.1) is 0 Å². The van der Waals surface area contributed by atoms with Crippen LogP contribution in [0.1, 0.15) is 24.5 Å². The van der Waals surface area contributed by atoms with Crippen LogP contribution in [0.25, 0.3) is 0 Å². The lowest BCUT2D eigenvalue weighted by Gasteiger charge is -2.34. The fourth-order valence-corrected chi connectivity index (χ4v) is 3.11. The molecule has 28 heavy (non-hydrogen) atoms. The van der Waals surface area contributed by atoms with Crippen LogP contribution in [0.4, 0.5) is 13.2 Å². The van der Waals surface area contributed by atoms with E-state index in [9.17, 15) is 13.2 Å². The van der Waals surface area contributed by atoms with Gasteiger partial charge in [-0.3, -0.25) is 9.89 Å². The number of rotatable bonds is 7. The third-order valence-corrected chi connectivity index (χ3v) is 4.80. The molecular weight excluding hydrogens is 482 g/mol. The highest BCUT2D eigenvalue weighted by Crippen LogP contribution is 2.18. The van der Waals surface area contributed by atoms with Gasteiger partial charge in [-0.15, -0.1) is 24.0 Å². The first-order chi connectivity index (χ1) is 12.9. The Bertz CT molecular complexity index is 601. The molecule has 1 fully saturated rings. The largest absolute Gasteiger partial charge is 0.390 e. The second-order valence-corrected chi connectivity index (χ2v) is 6.70. The maximum atomic E-state index is 12.3. The van der Waals surface area contributed by atoms with Gasteiger partial charge in [-0.05, 0) is 17.7 Å². The molecule has 160 valence electrons. The first-order valence-corrected chi connectivity index (χ1v) is 9.44. The van der Waals surface area contributed by atoms with E-state index in [-0.39, 0.29) is 30.5 Å². The normalized spacial score (nSPS) is 16.5. The lowest BCUT2D eigenvalue weighted by molar-refractivity contribution is -0.132. The smallest absolute Gasteiger partial charge is 0.356 e. The molecule has 0 unspecified atom stereocenters. The Morgan fingerprint density at radius 1 is 1.04 bits per heavy atom. The number of alkyl halides is 3. The van der Waals surface area contributed by atoms with Crippen LogP contribution >= 0.6 is 24.0 Å². The summed E-state index contributed by atoms with van der Waals surface area (Å²) in [5.74, 6) is 0.380. The summed E-state index contributed by atoms with van der Waals surface area (Å²) in [4.78, 5) is 8.89. The second-order valence-electron chi connectivity index (χ2n) is 6.70. The van der Waals surface area contributed by atoms with Crippen molar-refractivity contribution in [2.24, 2.45) is 4.99 Å². The summed E-state index contributed by atoms with van der Waals surface area (Å²) in [6.07, 6.45) is -5.05. The lowest BCUT2D eigenvalue weighted by atomic mass is 10.1. The van der Waals surface area contributed by atoms with E-state index in [0.717, 1.165) is 44.8 Å². The van der Waals surface area contributed by atoms with Crippen molar-refractivity contribution in [3.63, 3.8) is 0 Å². The molecule has 2 rings (SSSR count). The van der Waals surface area contributed by atoms with Crippen molar-refractivity contribution < 1.29 is 13.2 Å². The molecule has 0 radical (unpaired) electrons. The molecule has 1 aliphatic heterocycles. The molecule has 1 aromatic rings. The van der Waals surface area contributed by atoms with Crippen LogP contribution in [0.2, 0.25) is 0 Å². The summed E-state index contributed by atoms with van der Waals surface area (Å²) >= 11 is 0. The van der Waals surface area contributed by atoms with Crippen molar-refractivity contribution in [3.8, 4) is 0 Å². The van der Waals surface area contributed by atoms with E-state index in [4.69, 9.17) is 0 Å². The predicted octanol–water partition coefficient (Wildman–Crippen LogP) is 3.06. The van der Waals surface area contributed by atoms with Gasteiger partial charge in [-0.2, -0.15) is 13.2 Å². The molecule has 2 N–H and O–H groups in total. The number of piperazine rings is 1. The van der Waals surface area contributed by atoms with Crippen molar-refractivity contribution in [2.75, 3.05) is 46.3 Å². The summed E-state index contributed by atoms with van der Waals surface area (Å²) in [5, 5.41) is 5.82. The van der Waals surface area contributed by atoms with E-state index in [1.54, 1.807) is 7.05 Å². The van der Waals surface area contributed by atoms with E-state index >= 15 is 0 Å². The Hall–Kier alpha value is -1.07. The van der Waals surface area contributed by atoms with Crippen molar-refractivity contribution in [2.45, 2.75) is 32.6 Å². The van der Waals surface area contributed by atoms with Gasteiger partial charge in [0, 0.05) is 52.9 Å². The number of likely N-dealkylation sites (N-methyl/N-ethyl adjacent to an activating group) is 1. The monoisotopic (exact) mass is 513 g/mol. The minimum absolute atomic E-state index is 0. The van der Waals surface area contributed by atoms with Crippen LogP contribution in [-0.4, -0.2) is 68.3 Å². The molecule has 0 aliphatic carbocycles. The molecule has 1 heterocycles. The molecule has 1 aromatic carbocycles. The summed E-state index contributed by atoms with van der Waals surface area (Å²) in [7, 11) is 1.56. The summed E-state index contributed by atoms with van der Waals surface area (Å²) < 4.78 is 36.8. The van der Waals surface area contributed by atoms with Gasteiger partial charge in [0.05, 0.1) is 6.42 Å². The Kier molecular flexibility index (Phi) is 11.1. The number of nitrogens with one attached hydrogen (secondary N) is 2. The Labute approximate surface area is 182 Å². The van der Waals surface area contributed by atoms with Gasteiger partial charge in [-0.1, -0.05) is 31.2 Å². The maximum Gasteiger partial charge on any atom is 0.390 e. The molecule has 0 amide bonds. The van der Waals surface area contributed by atoms with E-state index in [1.165, 1.54) is 5.56 Å². The van der Waals surface area contributed by atoms with Gasteiger partial charge in [-0.25, -0.2) is 0 Å². The molecule has 1 saturated heterocycles. The summed E-state index contributed by atoms with van der Waals surface area (Å²) in [5.41, 5.74) is 2.37. The minimum Gasteiger partial charge on any atom is -0.356 e. The Balaban J connectivity index is 0.00000392. The van der Waals surface area contributed by atoms with Crippen LogP contribution in [0.3, 0.4) is 0 Å². The highest BCUT2D eigenvalue weighted by Gasteiger charge is 2.26. The topological polar surface area (TPSA) is 42.9 Å². The zero-order valence-electron chi connectivity index (χ0n) is 16.6. The molecular formula is C19H31F3IN5. The molecule has 0 atom stereocenters. The standard InChI is InChI=1S/C19H30F3N5.HI/c1-3-26-10-12-27(13-11-26)15-17-7-5-4-6-16(17)14-25-18(23-2)24-9-8-19(20,21)22;/h4-7H,3,8-15H2,1-2H3,(H2,23,24,25);1H. The summed E-state index contributed by atoms with van der Waals surface area (Å²) in [6.45, 7) is 8.78. The van der Waals surface area contributed by atoms with Crippen LogP contribution < -0.4 is 10.6 Å². The molecule has 0 bridgehead atoms. The quantitative estimate of drug-likeness (QED) is 0.334. The van der Waals surface area contributed by atoms with E-state index < -0.39 is 12.6 Å². The van der Waals surface area contributed by atoms with Gasteiger partial charge < -0.3 is 15.5 Å². The predicted molar refractivity (Wildman–Crippen MR) is 118 cm³/mol. The first-order valence-electron chi connectivity index (χ1n) is 9.44. The Morgan fingerprint density at radius 2 is 1.64 bits per heavy atom. The van der Waals surface area contributed by atoms with E-state index in [0.29, 0.717) is 12.5 Å². The lowest BCUT2D eigenvalue weighted by Crippen LogP contribution is -2.45. The zero-order valence-corrected chi connectivity index (χ0v) is 18.9. The second kappa shape index (κ2) is 12.5. The number of nitrogens with zero attached hydrogens (tertiary/aromatic N) is 3. The number of halogens is 4. The highest BCUT2D eigenvalue weighted by atomic mass is 127. The molecule has 1 aliphatic rings. The number of aliphatic imine (C=N–C) groups is 1. The van der Waals surface area contributed by atoms with Crippen LogP contribution in [-0.2, 0) is 13.1 Å². The minimum atomic E-state index is -4.17. The molecule has 0 saturated carbocycles. The fraction of sp³-hybridized carbons (Fsp3) is 0.632. The first kappa shape index (κ1) is 25.0. The van der Waals surface area contributed by atoms with Gasteiger partial charge in [0.25, 0.3) is 0 Å². The number of hydrogen-bond acceptors (Lipinski definition) is 3. The van der Waals surface area contributed by atoms with Crippen molar-refractivity contribution in [3.05, 3.63) is 35.4 Å². The molecule has 0 aromatic heterocycles. The molecule has 5 nitrogen and oxygen atoms in total. The van der Waals surface area contributed by atoms with E-state index in [2.05, 4.69) is 38.4 Å². The maximum absolute atomic E-state index is 12.3. The van der Waals surface area contributed by atoms with Gasteiger partial charge >= 0.3 is 6.18 Å². The van der Waals surface area contributed by atoms with E-state index in [1.807, 2.05) is 18.2 Å². The van der Waals surface area contributed by atoms with Crippen LogP contribution in [0.15, 0.2) is 29.3 Å². The number of hydrogen-bond donors (Lipinski definition) is 2. The SMILES string of the molecule is CCN1CCN(Cc2ccccc2CNC(=NC)NCCC(F)(F)F)CC1.I. The van der Waals surface area contributed by atoms with Gasteiger partial charge in [0.1, 0.15) is 0 Å². The number of guanidine groups is 1. The van der Waals surface area contributed by atoms with Gasteiger partial charge in [0.2, 0.25) is 0 Å². The average Bonchev–Trinajstić information content (AvgIpc) is 2.65. The third kappa shape index (κ3) is 8.95. The zero-order chi connectivity index (χ0) is 19.7.